The lowest BCUT2D eigenvalue weighted by Gasteiger charge is -2.19. The van der Waals surface area contributed by atoms with Gasteiger partial charge < -0.3 is 5.73 Å². The summed E-state index contributed by atoms with van der Waals surface area (Å²) in [6.07, 6.45) is 0. The zero-order valence-corrected chi connectivity index (χ0v) is 12.8. The molecule has 1 aromatic carbocycles. The molecule has 0 aromatic heterocycles. The highest BCUT2D eigenvalue weighted by Gasteiger charge is 2.26. The number of sulfonamides is 1. The van der Waals surface area contributed by atoms with E-state index in [9.17, 15) is 12.8 Å². The molecule has 1 unspecified atom stereocenters. The highest BCUT2D eigenvalue weighted by Crippen LogP contribution is 2.27. The van der Waals surface area contributed by atoms with Crippen LogP contribution in [-0.2, 0) is 10.0 Å². The Labute approximate surface area is 120 Å². The van der Waals surface area contributed by atoms with Gasteiger partial charge in [0, 0.05) is 23.8 Å². The molecular weight excluding hydrogens is 337 g/mol. The first-order valence-corrected chi connectivity index (χ1v) is 7.54. The zero-order chi connectivity index (χ0) is 14.8. The first-order valence-electron chi connectivity index (χ1n) is 5.30. The molecule has 0 spiro atoms. The normalized spacial score (nSPS) is 13.3. The molecule has 1 atom stereocenters. The Kier molecular flexibility index (Phi) is 4.90. The van der Waals surface area contributed by atoms with E-state index in [0.29, 0.717) is 0 Å². The van der Waals surface area contributed by atoms with Crippen molar-refractivity contribution >= 4 is 31.6 Å². The van der Waals surface area contributed by atoms with E-state index in [2.05, 4.69) is 15.9 Å². The third kappa shape index (κ3) is 3.43. The van der Waals surface area contributed by atoms with Crippen LogP contribution in [0.5, 0.6) is 0 Å². The predicted octanol–water partition coefficient (Wildman–Crippen LogP) is 1.95. The summed E-state index contributed by atoms with van der Waals surface area (Å²) in [5, 5.41) is 8.68. The van der Waals surface area contributed by atoms with Gasteiger partial charge in [-0.15, -0.1) is 0 Å². The molecule has 19 heavy (non-hydrogen) atoms. The second kappa shape index (κ2) is 5.86. The van der Waals surface area contributed by atoms with Crippen LogP contribution in [0.1, 0.15) is 6.92 Å². The number of hydrogen-bond acceptors (Lipinski definition) is 4. The molecule has 0 saturated heterocycles. The fraction of sp³-hybridized carbons (Fsp3) is 0.364. The fourth-order valence-corrected chi connectivity index (χ4v) is 3.09. The van der Waals surface area contributed by atoms with E-state index < -0.39 is 26.7 Å². The molecule has 0 bridgehead atoms. The maximum absolute atomic E-state index is 13.7. The van der Waals surface area contributed by atoms with Crippen LogP contribution < -0.4 is 5.73 Å². The van der Waals surface area contributed by atoms with Gasteiger partial charge in [0.2, 0.25) is 10.0 Å². The number of nitrogen functional groups attached to an aromatic ring is 1. The third-order valence-electron chi connectivity index (χ3n) is 2.49. The summed E-state index contributed by atoms with van der Waals surface area (Å²) < 4.78 is 39.3. The van der Waals surface area contributed by atoms with Crippen molar-refractivity contribution in [2.24, 2.45) is 5.92 Å². The number of benzene rings is 1. The van der Waals surface area contributed by atoms with E-state index in [0.717, 1.165) is 16.4 Å². The fourth-order valence-electron chi connectivity index (χ4n) is 1.44. The van der Waals surface area contributed by atoms with Crippen LogP contribution in [0, 0.1) is 23.1 Å². The summed E-state index contributed by atoms with van der Waals surface area (Å²) in [5.41, 5.74) is 5.69. The minimum atomic E-state index is -4.01. The van der Waals surface area contributed by atoms with E-state index in [-0.39, 0.29) is 16.7 Å². The second-order valence-electron chi connectivity index (χ2n) is 4.12. The largest absolute Gasteiger partial charge is 0.398 e. The molecule has 0 amide bonds. The van der Waals surface area contributed by atoms with Crippen LogP contribution in [0.3, 0.4) is 0 Å². The van der Waals surface area contributed by atoms with E-state index in [4.69, 9.17) is 11.0 Å². The van der Waals surface area contributed by atoms with E-state index in [1.54, 1.807) is 6.92 Å². The second-order valence-corrected chi connectivity index (χ2v) is 6.99. The zero-order valence-electron chi connectivity index (χ0n) is 10.4. The molecule has 0 radical (unpaired) electrons. The van der Waals surface area contributed by atoms with Gasteiger partial charge in [0.25, 0.3) is 0 Å². The van der Waals surface area contributed by atoms with Crippen molar-refractivity contribution in [3.05, 3.63) is 22.4 Å². The Morgan fingerprint density at radius 2 is 2.16 bits per heavy atom. The van der Waals surface area contributed by atoms with Gasteiger partial charge >= 0.3 is 0 Å². The van der Waals surface area contributed by atoms with Gasteiger partial charge in [0.05, 0.1) is 12.0 Å². The summed E-state index contributed by atoms with van der Waals surface area (Å²) in [4.78, 5) is -0.499. The summed E-state index contributed by atoms with van der Waals surface area (Å²) in [6.45, 7) is 1.56. The molecule has 2 N–H and O–H groups in total. The maximum atomic E-state index is 13.7. The van der Waals surface area contributed by atoms with Gasteiger partial charge in [0.15, 0.2) is 0 Å². The van der Waals surface area contributed by atoms with Gasteiger partial charge in [0.1, 0.15) is 10.7 Å². The number of nitrogens with two attached hydrogens (primary N) is 1. The van der Waals surface area contributed by atoms with Gasteiger partial charge in [-0.25, -0.2) is 12.8 Å². The number of hydrogen-bond donors (Lipinski definition) is 1. The molecule has 8 heteroatoms. The number of nitrogens with zero attached hydrogens (tertiary/aromatic N) is 2. The summed E-state index contributed by atoms with van der Waals surface area (Å²) in [5.74, 6) is -1.38. The standard InChI is InChI=1S/C11H13BrFN3O2S/c1-7(5-14)6-16(2)19(17,18)11-4-10(15)8(12)3-9(11)13/h3-4,7H,6,15H2,1-2H3. The van der Waals surface area contributed by atoms with E-state index in [1.807, 2.05) is 6.07 Å². The SMILES string of the molecule is CC(C#N)CN(C)S(=O)(=O)c1cc(N)c(Br)cc1F. The van der Waals surface area contributed by atoms with Crippen molar-refractivity contribution in [3.8, 4) is 6.07 Å². The average molecular weight is 350 g/mol. The van der Waals surface area contributed by atoms with Crippen molar-refractivity contribution < 1.29 is 12.8 Å². The first kappa shape index (κ1) is 15.9. The quantitative estimate of drug-likeness (QED) is 0.841. The molecule has 1 aromatic rings. The van der Waals surface area contributed by atoms with Crippen LogP contribution in [-0.4, -0.2) is 26.3 Å². The minimum absolute atomic E-state index is 0.0196. The number of nitriles is 1. The lowest BCUT2D eigenvalue weighted by atomic mass is 10.2. The van der Waals surface area contributed by atoms with Crippen LogP contribution in [0.4, 0.5) is 10.1 Å². The first-order chi connectivity index (χ1) is 8.70. The molecule has 0 aliphatic carbocycles. The predicted molar refractivity (Wildman–Crippen MR) is 73.1 cm³/mol. The molecule has 0 aliphatic heterocycles. The van der Waals surface area contributed by atoms with Crippen molar-refractivity contribution in [1.82, 2.24) is 4.31 Å². The molecule has 0 fully saturated rings. The summed E-state index contributed by atoms with van der Waals surface area (Å²) >= 11 is 3.02. The lowest BCUT2D eigenvalue weighted by molar-refractivity contribution is 0.434. The Morgan fingerprint density at radius 3 is 2.68 bits per heavy atom. The summed E-state index contributed by atoms with van der Waals surface area (Å²) in [7, 11) is -2.72. The van der Waals surface area contributed by atoms with Crippen LogP contribution in [0.25, 0.3) is 0 Å². The molecule has 104 valence electrons. The molecule has 5 nitrogen and oxygen atoms in total. The number of rotatable bonds is 4. The van der Waals surface area contributed by atoms with Gasteiger partial charge in [-0.05, 0) is 35.0 Å². The van der Waals surface area contributed by atoms with E-state index in [1.165, 1.54) is 7.05 Å². The highest BCUT2D eigenvalue weighted by atomic mass is 79.9. The molecule has 0 saturated carbocycles. The molecule has 0 heterocycles. The molecular formula is C11H13BrFN3O2S. The van der Waals surface area contributed by atoms with Gasteiger partial charge in [-0.2, -0.15) is 9.57 Å². The third-order valence-corrected chi connectivity index (χ3v) is 5.02. The minimum Gasteiger partial charge on any atom is -0.398 e. The van der Waals surface area contributed by atoms with E-state index >= 15 is 0 Å². The van der Waals surface area contributed by atoms with Crippen molar-refractivity contribution in [2.45, 2.75) is 11.8 Å². The number of anilines is 1. The topological polar surface area (TPSA) is 87.2 Å². The van der Waals surface area contributed by atoms with Gasteiger partial charge in [-0.1, -0.05) is 0 Å². The van der Waals surface area contributed by atoms with Gasteiger partial charge in [-0.3, -0.25) is 0 Å². The Morgan fingerprint density at radius 1 is 1.58 bits per heavy atom. The molecule has 1 rings (SSSR count). The lowest BCUT2D eigenvalue weighted by Crippen LogP contribution is -2.31. The Hall–Kier alpha value is -1.17. The van der Waals surface area contributed by atoms with Crippen molar-refractivity contribution in [2.75, 3.05) is 19.3 Å². The van der Waals surface area contributed by atoms with Crippen LogP contribution in [0.2, 0.25) is 0 Å². The van der Waals surface area contributed by atoms with Crippen LogP contribution in [0.15, 0.2) is 21.5 Å². The average Bonchev–Trinajstić information content (AvgIpc) is 2.33. The Balaban J connectivity index is 3.21. The monoisotopic (exact) mass is 349 g/mol. The molecule has 0 aliphatic rings. The van der Waals surface area contributed by atoms with Crippen molar-refractivity contribution in [3.63, 3.8) is 0 Å². The Bertz CT molecular complexity index is 628. The van der Waals surface area contributed by atoms with Crippen molar-refractivity contribution in [1.29, 1.82) is 5.26 Å². The summed E-state index contributed by atoms with van der Waals surface area (Å²) in [6, 6.07) is 3.98. The highest BCUT2D eigenvalue weighted by molar-refractivity contribution is 9.10. The maximum Gasteiger partial charge on any atom is 0.245 e. The number of halogens is 2. The smallest absolute Gasteiger partial charge is 0.245 e. The van der Waals surface area contributed by atoms with Crippen LogP contribution >= 0.6 is 15.9 Å².